The minimum Gasteiger partial charge on any atom is -0.465 e. The van der Waals surface area contributed by atoms with Crippen LogP contribution in [0.4, 0.5) is 0 Å². The first-order chi connectivity index (χ1) is 5.75. The fraction of sp³-hybridized carbons (Fsp3) is 0.889. The Kier molecular flexibility index (Phi) is 3.09. The quantitative estimate of drug-likeness (QED) is 0.644. The van der Waals surface area contributed by atoms with Crippen LogP contribution < -0.4 is 5.73 Å². The second kappa shape index (κ2) is 3.90. The molecule has 70 valence electrons. The molecule has 0 bridgehead atoms. The average molecular weight is 171 g/mol. The van der Waals surface area contributed by atoms with Crippen LogP contribution in [0, 0.1) is 5.41 Å². The highest BCUT2D eigenvalue weighted by molar-refractivity contribution is 5.78. The Labute approximate surface area is 73.3 Å². The number of carbonyl (C=O) groups excluding carboxylic acids is 1. The predicted molar refractivity (Wildman–Crippen MR) is 46.6 cm³/mol. The van der Waals surface area contributed by atoms with Gasteiger partial charge in [-0.3, -0.25) is 4.79 Å². The molecule has 0 aromatic rings. The molecule has 0 saturated heterocycles. The molecule has 1 aliphatic carbocycles. The van der Waals surface area contributed by atoms with Crippen LogP contribution in [0.1, 0.15) is 32.6 Å². The molecular weight excluding hydrogens is 154 g/mol. The molecule has 0 heterocycles. The van der Waals surface area contributed by atoms with Crippen LogP contribution in [0.2, 0.25) is 0 Å². The predicted octanol–water partition coefficient (Wildman–Crippen LogP) is 1.07. The molecule has 0 aliphatic heterocycles. The summed E-state index contributed by atoms with van der Waals surface area (Å²) in [5.41, 5.74) is 5.23. The van der Waals surface area contributed by atoms with E-state index in [4.69, 9.17) is 10.5 Å². The van der Waals surface area contributed by atoms with Gasteiger partial charge in [-0.1, -0.05) is 13.3 Å². The van der Waals surface area contributed by atoms with E-state index < -0.39 is 0 Å². The van der Waals surface area contributed by atoms with Gasteiger partial charge in [0, 0.05) is 6.54 Å². The molecule has 0 spiro atoms. The summed E-state index contributed by atoms with van der Waals surface area (Å²) < 4.78 is 5.07. The molecule has 3 nitrogen and oxygen atoms in total. The number of hydrogen-bond acceptors (Lipinski definition) is 3. The lowest BCUT2D eigenvalue weighted by atomic mass is 9.69. The lowest BCUT2D eigenvalue weighted by Gasteiger charge is -2.37. The van der Waals surface area contributed by atoms with E-state index in [0.717, 1.165) is 25.7 Å². The lowest BCUT2D eigenvalue weighted by Crippen LogP contribution is -2.45. The number of nitrogens with two attached hydrogens (primary N) is 1. The van der Waals surface area contributed by atoms with Crippen molar-refractivity contribution in [1.29, 1.82) is 0 Å². The fourth-order valence-electron chi connectivity index (χ4n) is 1.44. The molecule has 0 unspecified atom stereocenters. The zero-order valence-electron chi connectivity index (χ0n) is 7.64. The minimum atomic E-state index is -0.310. The van der Waals surface area contributed by atoms with Gasteiger partial charge in [0.2, 0.25) is 0 Å². The Morgan fingerprint density at radius 2 is 2.25 bits per heavy atom. The summed E-state index contributed by atoms with van der Waals surface area (Å²) in [4.78, 5) is 11.4. The second-order valence-electron chi connectivity index (χ2n) is 3.47. The largest absolute Gasteiger partial charge is 0.465 e. The molecule has 0 amide bonds. The van der Waals surface area contributed by atoms with Gasteiger partial charge in [-0.2, -0.15) is 0 Å². The Morgan fingerprint density at radius 1 is 1.58 bits per heavy atom. The first kappa shape index (κ1) is 9.52. The van der Waals surface area contributed by atoms with Crippen molar-refractivity contribution in [2.45, 2.75) is 32.6 Å². The van der Waals surface area contributed by atoms with Gasteiger partial charge < -0.3 is 10.5 Å². The summed E-state index contributed by atoms with van der Waals surface area (Å²) in [7, 11) is 0. The molecule has 0 atom stereocenters. The zero-order valence-corrected chi connectivity index (χ0v) is 7.64. The van der Waals surface area contributed by atoms with Gasteiger partial charge in [-0.15, -0.1) is 0 Å². The Morgan fingerprint density at radius 3 is 2.58 bits per heavy atom. The zero-order chi connectivity index (χ0) is 9.03. The third kappa shape index (κ3) is 1.61. The molecule has 1 saturated carbocycles. The molecular formula is C9H17NO2. The molecule has 3 heteroatoms. The Bertz CT molecular complexity index is 158. The van der Waals surface area contributed by atoms with Gasteiger partial charge in [0.05, 0.1) is 12.0 Å². The van der Waals surface area contributed by atoms with Crippen molar-refractivity contribution in [3.05, 3.63) is 0 Å². The molecule has 0 aromatic heterocycles. The van der Waals surface area contributed by atoms with Crippen LogP contribution in [-0.4, -0.2) is 19.1 Å². The first-order valence-corrected chi connectivity index (χ1v) is 4.62. The van der Waals surface area contributed by atoms with Crippen molar-refractivity contribution in [1.82, 2.24) is 0 Å². The van der Waals surface area contributed by atoms with Crippen molar-refractivity contribution in [2.75, 3.05) is 13.2 Å². The van der Waals surface area contributed by atoms with Gasteiger partial charge in [0.25, 0.3) is 0 Å². The molecule has 1 rings (SSSR count). The molecule has 1 aliphatic rings. The highest BCUT2D eigenvalue weighted by Crippen LogP contribution is 2.40. The third-order valence-electron chi connectivity index (χ3n) is 2.57. The maximum absolute atomic E-state index is 11.4. The van der Waals surface area contributed by atoms with E-state index in [1.54, 1.807) is 0 Å². The fourth-order valence-corrected chi connectivity index (χ4v) is 1.44. The monoisotopic (exact) mass is 171 g/mol. The maximum atomic E-state index is 11.4. The van der Waals surface area contributed by atoms with E-state index in [1.165, 1.54) is 0 Å². The summed E-state index contributed by atoms with van der Waals surface area (Å²) in [6.07, 6.45) is 3.81. The number of rotatable bonds is 4. The summed E-state index contributed by atoms with van der Waals surface area (Å²) >= 11 is 0. The van der Waals surface area contributed by atoms with Crippen LogP contribution in [0.5, 0.6) is 0 Å². The van der Waals surface area contributed by atoms with Crippen LogP contribution in [0.15, 0.2) is 0 Å². The maximum Gasteiger partial charge on any atom is 0.313 e. The van der Waals surface area contributed by atoms with Crippen molar-refractivity contribution in [3.8, 4) is 0 Å². The molecule has 0 aromatic carbocycles. The van der Waals surface area contributed by atoms with Gasteiger partial charge in [0.1, 0.15) is 0 Å². The number of ether oxygens (including phenoxy) is 1. The highest BCUT2D eigenvalue weighted by Gasteiger charge is 2.44. The number of carbonyl (C=O) groups is 1. The van der Waals surface area contributed by atoms with Crippen molar-refractivity contribution < 1.29 is 9.53 Å². The van der Waals surface area contributed by atoms with Gasteiger partial charge in [0.15, 0.2) is 0 Å². The minimum absolute atomic E-state index is 0.0851. The summed E-state index contributed by atoms with van der Waals surface area (Å²) in [5, 5.41) is 0. The average Bonchev–Trinajstić information content (AvgIpc) is 2.00. The standard InChI is InChI=1S/C9H17NO2/c1-2-6-12-8(11)9(7-10)4-3-5-9/h2-7,10H2,1H3. The van der Waals surface area contributed by atoms with Gasteiger partial charge in [-0.25, -0.2) is 0 Å². The van der Waals surface area contributed by atoms with E-state index >= 15 is 0 Å². The van der Waals surface area contributed by atoms with Crippen LogP contribution in [-0.2, 0) is 9.53 Å². The van der Waals surface area contributed by atoms with Gasteiger partial charge >= 0.3 is 5.97 Å². The normalized spacial score (nSPS) is 19.8. The number of esters is 1. The van der Waals surface area contributed by atoms with Crippen LogP contribution in [0.3, 0.4) is 0 Å². The SMILES string of the molecule is CCCOC(=O)C1(CN)CCC1. The topological polar surface area (TPSA) is 52.3 Å². The first-order valence-electron chi connectivity index (χ1n) is 4.62. The van der Waals surface area contributed by atoms with E-state index in [1.807, 2.05) is 6.92 Å². The van der Waals surface area contributed by atoms with Crippen molar-refractivity contribution in [2.24, 2.45) is 11.1 Å². The van der Waals surface area contributed by atoms with Crippen LogP contribution in [0.25, 0.3) is 0 Å². The van der Waals surface area contributed by atoms with E-state index in [-0.39, 0.29) is 11.4 Å². The molecule has 0 radical (unpaired) electrons. The van der Waals surface area contributed by atoms with Gasteiger partial charge in [-0.05, 0) is 19.3 Å². The summed E-state index contributed by atoms with van der Waals surface area (Å²) in [6.45, 7) is 2.96. The number of hydrogen-bond donors (Lipinski definition) is 1. The van der Waals surface area contributed by atoms with Crippen molar-refractivity contribution >= 4 is 5.97 Å². The molecule has 12 heavy (non-hydrogen) atoms. The Balaban J connectivity index is 2.38. The van der Waals surface area contributed by atoms with E-state index in [2.05, 4.69) is 0 Å². The van der Waals surface area contributed by atoms with Crippen LogP contribution >= 0.6 is 0 Å². The summed E-state index contributed by atoms with van der Waals surface area (Å²) in [6, 6.07) is 0. The van der Waals surface area contributed by atoms with E-state index in [0.29, 0.717) is 13.2 Å². The summed E-state index contributed by atoms with van der Waals surface area (Å²) in [5.74, 6) is -0.0851. The molecule has 2 N–H and O–H groups in total. The van der Waals surface area contributed by atoms with E-state index in [9.17, 15) is 4.79 Å². The highest BCUT2D eigenvalue weighted by atomic mass is 16.5. The molecule has 1 fully saturated rings. The lowest BCUT2D eigenvalue weighted by molar-refractivity contribution is -0.160. The smallest absolute Gasteiger partial charge is 0.313 e. The second-order valence-corrected chi connectivity index (χ2v) is 3.47. The Hall–Kier alpha value is -0.570. The third-order valence-corrected chi connectivity index (χ3v) is 2.57. The van der Waals surface area contributed by atoms with Crippen molar-refractivity contribution in [3.63, 3.8) is 0 Å².